The quantitative estimate of drug-likeness (QED) is 0.522. The van der Waals surface area contributed by atoms with Crippen LogP contribution in [0.2, 0.25) is 0 Å². The first kappa shape index (κ1) is 24.8. The average molecular weight is 494 g/mol. The number of ether oxygens (including phenoxy) is 1. The molecule has 1 saturated heterocycles. The van der Waals surface area contributed by atoms with Crippen molar-refractivity contribution in [3.05, 3.63) is 35.3 Å². The summed E-state index contributed by atoms with van der Waals surface area (Å²) in [7, 11) is -2.02. The second kappa shape index (κ2) is 9.03. The zero-order valence-electron chi connectivity index (χ0n) is 20.1. The lowest BCUT2D eigenvalue weighted by atomic mass is 10.00. The molecule has 2 aromatic rings. The topological polar surface area (TPSA) is 117 Å². The summed E-state index contributed by atoms with van der Waals surface area (Å²) in [5.41, 5.74) is 1.53. The minimum atomic E-state index is -3.58. The maximum Gasteiger partial charge on any atom is 0.181 e. The number of aliphatic hydroxyl groups is 1. The molecule has 3 N–H and O–H groups in total. The zero-order chi connectivity index (χ0) is 24.8. The SMILES string of the molecule is CCC1COCCN1c1nc(-c2ccc(NC(O)NC)cc2F)nc2c1C(C)S(=O)(=O)C2(C)C. The second-order valence-corrected chi connectivity index (χ2v) is 12.0. The van der Waals surface area contributed by atoms with Crippen LogP contribution in [0, 0.1) is 5.82 Å². The molecule has 186 valence electrons. The standard InChI is InChI=1S/C23H32FN5O4S/c1-6-15-12-33-10-9-29(15)21-18-13(2)34(31,32)23(3,4)19(18)27-20(28-21)16-8-7-14(11-17(16)24)26-22(30)25-5/h7-8,11,13,15,22,25-26,30H,6,9-10,12H2,1-5H3. The zero-order valence-corrected chi connectivity index (χ0v) is 20.9. The molecule has 0 saturated carbocycles. The van der Waals surface area contributed by atoms with Gasteiger partial charge in [0.05, 0.1) is 35.8 Å². The van der Waals surface area contributed by atoms with E-state index in [1.807, 2.05) is 6.92 Å². The summed E-state index contributed by atoms with van der Waals surface area (Å²) < 4.78 is 46.3. The van der Waals surface area contributed by atoms with Crippen LogP contribution in [0.25, 0.3) is 11.4 Å². The first-order valence-electron chi connectivity index (χ1n) is 11.4. The van der Waals surface area contributed by atoms with Gasteiger partial charge in [-0.3, -0.25) is 5.32 Å². The van der Waals surface area contributed by atoms with Crippen molar-refractivity contribution in [1.29, 1.82) is 0 Å². The molecule has 3 unspecified atom stereocenters. The van der Waals surface area contributed by atoms with Crippen LogP contribution in [-0.4, -0.2) is 62.7 Å². The molecule has 34 heavy (non-hydrogen) atoms. The third kappa shape index (κ3) is 3.94. The Morgan fingerprint density at radius 3 is 2.74 bits per heavy atom. The third-order valence-electron chi connectivity index (χ3n) is 6.84. The number of hydrogen-bond donors (Lipinski definition) is 3. The van der Waals surface area contributed by atoms with Gasteiger partial charge in [-0.1, -0.05) is 6.92 Å². The summed E-state index contributed by atoms with van der Waals surface area (Å²) in [5.74, 6) is 0.0784. The summed E-state index contributed by atoms with van der Waals surface area (Å²) >= 11 is 0. The van der Waals surface area contributed by atoms with Crippen LogP contribution in [0.3, 0.4) is 0 Å². The number of benzene rings is 1. The fourth-order valence-electron chi connectivity index (χ4n) is 4.65. The minimum Gasteiger partial charge on any atom is -0.377 e. The lowest BCUT2D eigenvalue weighted by Crippen LogP contribution is -2.46. The molecule has 0 spiro atoms. The summed E-state index contributed by atoms with van der Waals surface area (Å²) in [4.78, 5) is 11.5. The van der Waals surface area contributed by atoms with Gasteiger partial charge in [-0.15, -0.1) is 0 Å². The first-order valence-corrected chi connectivity index (χ1v) is 13.0. The predicted molar refractivity (Wildman–Crippen MR) is 129 cm³/mol. The highest BCUT2D eigenvalue weighted by atomic mass is 32.2. The van der Waals surface area contributed by atoms with Crippen molar-refractivity contribution < 1.29 is 22.7 Å². The molecule has 0 bridgehead atoms. The normalized spacial score (nSPS) is 24.0. The molecule has 4 rings (SSSR count). The molecule has 3 heterocycles. The second-order valence-electron chi connectivity index (χ2n) is 9.19. The molecule has 3 atom stereocenters. The monoisotopic (exact) mass is 493 g/mol. The van der Waals surface area contributed by atoms with Gasteiger partial charge in [-0.25, -0.2) is 22.8 Å². The fraction of sp³-hybridized carbons (Fsp3) is 0.565. The Bertz CT molecular complexity index is 1190. The Morgan fingerprint density at radius 1 is 1.35 bits per heavy atom. The Labute approximate surface area is 199 Å². The van der Waals surface area contributed by atoms with E-state index < -0.39 is 32.0 Å². The number of nitrogens with zero attached hydrogens (tertiary/aromatic N) is 3. The number of hydrogen-bond acceptors (Lipinski definition) is 9. The molecule has 0 amide bonds. The van der Waals surface area contributed by atoms with Gasteiger partial charge in [0, 0.05) is 17.8 Å². The van der Waals surface area contributed by atoms with Crippen LogP contribution in [0.15, 0.2) is 18.2 Å². The Balaban J connectivity index is 1.90. The van der Waals surface area contributed by atoms with Crippen LogP contribution < -0.4 is 15.5 Å². The number of aromatic nitrogens is 2. The van der Waals surface area contributed by atoms with E-state index in [1.54, 1.807) is 33.9 Å². The molecular formula is C23H32FN5O4S. The van der Waals surface area contributed by atoms with Crippen LogP contribution >= 0.6 is 0 Å². The van der Waals surface area contributed by atoms with Gasteiger partial charge in [-0.2, -0.15) is 0 Å². The van der Waals surface area contributed by atoms with Crippen LogP contribution in [0.1, 0.15) is 50.6 Å². The van der Waals surface area contributed by atoms with Crippen molar-refractivity contribution in [3.63, 3.8) is 0 Å². The van der Waals surface area contributed by atoms with Gasteiger partial charge in [0.15, 0.2) is 22.0 Å². The molecule has 2 aliphatic heterocycles. The molecule has 2 aliphatic rings. The fourth-order valence-corrected chi connectivity index (χ4v) is 6.49. The highest BCUT2D eigenvalue weighted by Gasteiger charge is 2.53. The summed E-state index contributed by atoms with van der Waals surface area (Å²) in [6.45, 7) is 8.57. The Hall–Kier alpha value is -2.34. The number of rotatable bonds is 6. The van der Waals surface area contributed by atoms with Gasteiger partial charge in [0.2, 0.25) is 0 Å². The Kier molecular flexibility index (Phi) is 6.58. The third-order valence-corrected chi connectivity index (χ3v) is 9.62. The van der Waals surface area contributed by atoms with Gasteiger partial charge in [-0.05, 0) is 52.4 Å². The largest absolute Gasteiger partial charge is 0.377 e. The maximum absolute atomic E-state index is 15.2. The van der Waals surface area contributed by atoms with Crippen molar-refractivity contribution in [2.45, 2.75) is 56.5 Å². The van der Waals surface area contributed by atoms with E-state index in [9.17, 15) is 13.5 Å². The number of halogens is 1. The lowest BCUT2D eigenvalue weighted by Gasteiger charge is -2.37. The van der Waals surface area contributed by atoms with Crippen LogP contribution in [-0.2, 0) is 19.3 Å². The molecule has 1 fully saturated rings. The molecule has 0 radical (unpaired) electrons. The number of morpholine rings is 1. The van der Waals surface area contributed by atoms with Crippen LogP contribution in [0.4, 0.5) is 15.9 Å². The minimum absolute atomic E-state index is 0.0265. The van der Waals surface area contributed by atoms with Crippen molar-refractivity contribution in [1.82, 2.24) is 15.3 Å². The van der Waals surface area contributed by atoms with E-state index >= 15 is 4.39 Å². The molecule has 9 nitrogen and oxygen atoms in total. The summed E-state index contributed by atoms with van der Waals surface area (Å²) in [5, 5.41) is 14.3. The van der Waals surface area contributed by atoms with Gasteiger partial charge < -0.3 is 20.1 Å². The Morgan fingerprint density at radius 2 is 2.09 bits per heavy atom. The highest BCUT2D eigenvalue weighted by molar-refractivity contribution is 7.92. The maximum atomic E-state index is 15.2. The number of anilines is 2. The van der Waals surface area contributed by atoms with Gasteiger partial charge in [0.1, 0.15) is 16.4 Å². The van der Waals surface area contributed by atoms with Crippen molar-refractivity contribution in [2.24, 2.45) is 0 Å². The van der Waals surface area contributed by atoms with Crippen molar-refractivity contribution >= 4 is 21.3 Å². The molecular weight excluding hydrogens is 461 g/mol. The van der Waals surface area contributed by atoms with E-state index in [-0.39, 0.29) is 17.4 Å². The molecule has 1 aromatic carbocycles. The van der Waals surface area contributed by atoms with E-state index in [4.69, 9.17) is 9.72 Å². The highest BCUT2D eigenvalue weighted by Crippen LogP contribution is 2.51. The average Bonchev–Trinajstić information content (AvgIpc) is 2.95. The number of sulfone groups is 1. The van der Waals surface area contributed by atoms with Gasteiger partial charge in [0.25, 0.3) is 0 Å². The molecule has 11 heteroatoms. The molecule has 1 aromatic heterocycles. The van der Waals surface area contributed by atoms with E-state index in [0.29, 0.717) is 42.5 Å². The summed E-state index contributed by atoms with van der Waals surface area (Å²) in [6, 6.07) is 4.42. The number of fused-ring (bicyclic) bond motifs is 1. The van der Waals surface area contributed by atoms with E-state index in [2.05, 4.69) is 20.5 Å². The molecule has 0 aliphatic carbocycles. The summed E-state index contributed by atoms with van der Waals surface area (Å²) in [6.07, 6.45) is -0.242. The van der Waals surface area contributed by atoms with Gasteiger partial charge >= 0.3 is 0 Å². The predicted octanol–water partition coefficient (Wildman–Crippen LogP) is 2.53. The van der Waals surface area contributed by atoms with Crippen molar-refractivity contribution in [3.8, 4) is 11.4 Å². The van der Waals surface area contributed by atoms with E-state index in [0.717, 1.165) is 6.42 Å². The smallest absolute Gasteiger partial charge is 0.181 e. The first-order chi connectivity index (χ1) is 16.0. The number of aliphatic hydroxyl groups excluding tert-OH is 1. The van der Waals surface area contributed by atoms with Crippen molar-refractivity contribution in [2.75, 3.05) is 37.0 Å². The van der Waals surface area contributed by atoms with Crippen LogP contribution in [0.5, 0.6) is 0 Å². The lowest BCUT2D eigenvalue weighted by molar-refractivity contribution is 0.0924. The number of nitrogens with one attached hydrogen (secondary N) is 2. The van der Waals surface area contributed by atoms with E-state index in [1.165, 1.54) is 12.1 Å².